The van der Waals surface area contributed by atoms with E-state index in [4.69, 9.17) is 17.3 Å². The van der Waals surface area contributed by atoms with Crippen LogP contribution in [0.2, 0.25) is 5.02 Å². The molecular weight excluding hydrogens is 314 g/mol. The third-order valence-corrected chi connectivity index (χ3v) is 4.05. The maximum Gasteiger partial charge on any atom is 0.271 e. The van der Waals surface area contributed by atoms with Gasteiger partial charge in [0, 0.05) is 24.1 Å². The van der Waals surface area contributed by atoms with Crippen molar-refractivity contribution in [3.63, 3.8) is 0 Å². The lowest BCUT2D eigenvalue weighted by Crippen LogP contribution is -2.26. The van der Waals surface area contributed by atoms with E-state index in [-0.39, 0.29) is 22.0 Å². The average molecular weight is 326 g/mol. The third kappa shape index (κ3) is 3.32. The predicted octanol–water partition coefficient (Wildman–Crippen LogP) is 3.16. The summed E-state index contributed by atoms with van der Waals surface area (Å²) >= 11 is 7.38. The van der Waals surface area contributed by atoms with Gasteiger partial charge in [0.05, 0.1) is 27.7 Å². The summed E-state index contributed by atoms with van der Waals surface area (Å²) in [5, 5.41) is 12.8. The predicted molar refractivity (Wildman–Crippen MR) is 82.6 cm³/mol. The number of nitrogen functional groups attached to an aromatic ring is 1. The van der Waals surface area contributed by atoms with Gasteiger partial charge < -0.3 is 10.6 Å². The number of hydrogen-bond donors (Lipinski definition) is 1. The van der Waals surface area contributed by atoms with Crippen molar-refractivity contribution in [2.75, 3.05) is 12.8 Å². The van der Waals surface area contributed by atoms with E-state index in [1.54, 1.807) is 7.05 Å². The monoisotopic (exact) mass is 325 g/mol. The van der Waals surface area contributed by atoms with E-state index in [0.717, 1.165) is 17.0 Å². The van der Waals surface area contributed by atoms with Crippen LogP contribution in [0.3, 0.4) is 0 Å². The average Bonchev–Trinajstić information content (AvgIpc) is 2.93. The van der Waals surface area contributed by atoms with Crippen molar-refractivity contribution in [1.82, 2.24) is 4.90 Å². The van der Waals surface area contributed by atoms with Crippen molar-refractivity contribution in [3.05, 3.63) is 55.2 Å². The normalized spacial score (nSPS) is 10.4. The van der Waals surface area contributed by atoms with Gasteiger partial charge >= 0.3 is 0 Å². The molecule has 1 aromatic heterocycles. The molecule has 0 fully saturated rings. The van der Waals surface area contributed by atoms with Gasteiger partial charge in [-0.25, -0.2) is 0 Å². The number of nitrogens with zero attached hydrogens (tertiary/aromatic N) is 2. The van der Waals surface area contributed by atoms with E-state index in [0.29, 0.717) is 6.54 Å². The summed E-state index contributed by atoms with van der Waals surface area (Å²) in [6.45, 7) is 0.399. The van der Waals surface area contributed by atoms with Crippen molar-refractivity contribution in [1.29, 1.82) is 0 Å². The second kappa shape index (κ2) is 6.11. The SMILES string of the molecule is CN(Cc1cccs1)C(=O)c1cc([N+](=O)[O-])cc(Cl)c1N. The van der Waals surface area contributed by atoms with Crippen LogP contribution in [0.4, 0.5) is 11.4 Å². The molecule has 0 aliphatic heterocycles. The summed E-state index contributed by atoms with van der Waals surface area (Å²) in [6.07, 6.45) is 0. The molecule has 2 rings (SSSR count). The summed E-state index contributed by atoms with van der Waals surface area (Å²) in [5.74, 6) is -0.411. The van der Waals surface area contributed by atoms with Crippen LogP contribution >= 0.6 is 22.9 Å². The number of hydrogen-bond acceptors (Lipinski definition) is 5. The minimum Gasteiger partial charge on any atom is -0.397 e. The number of benzene rings is 1. The van der Waals surface area contributed by atoms with Crippen LogP contribution in [0.1, 0.15) is 15.2 Å². The lowest BCUT2D eigenvalue weighted by molar-refractivity contribution is -0.384. The molecule has 1 amide bonds. The summed E-state index contributed by atoms with van der Waals surface area (Å²) in [7, 11) is 1.61. The first kappa shape index (κ1) is 15.3. The third-order valence-electron chi connectivity index (χ3n) is 2.88. The molecule has 2 N–H and O–H groups in total. The number of halogens is 1. The number of carbonyl (C=O) groups excluding carboxylic acids is 1. The molecule has 0 radical (unpaired) electrons. The van der Waals surface area contributed by atoms with Gasteiger partial charge in [-0.15, -0.1) is 11.3 Å². The molecule has 0 bridgehead atoms. The second-order valence-corrected chi connectivity index (χ2v) is 5.83. The van der Waals surface area contributed by atoms with Crippen LogP contribution in [0.25, 0.3) is 0 Å². The van der Waals surface area contributed by atoms with Crippen molar-refractivity contribution >= 4 is 40.2 Å². The lowest BCUT2D eigenvalue weighted by atomic mass is 10.1. The Balaban J connectivity index is 2.31. The largest absolute Gasteiger partial charge is 0.397 e. The Kier molecular flexibility index (Phi) is 4.44. The Morgan fingerprint density at radius 2 is 2.24 bits per heavy atom. The highest BCUT2D eigenvalue weighted by molar-refractivity contribution is 7.09. The number of nitrogens with two attached hydrogens (primary N) is 1. The van der Waals surface area contributed by atoms with Gasteiger partial charge in [-0.1, -0.05) is 17.7 Å². The number of nitro groups is 1. The number of thiophene rings is 1. The zero-order valence-corrected chi connectivity index (χ0v) is 12.6. The fourth-order valence-electron chi connectivity index (χ4n) is 1.80. The molecule has 110 valence electrons. The molecule has 8 heteroatoms. The Bertz CT molecular complexity index is 688. The van der Waals surface area contributed by atoms with E-state index in [2.05, 4.69) is 0 Å². The second-order valence-electron chi connectivity index (χ2n) is 4.39. The summed E-state index contributed by atoms with van der Waals surface area (Å²) < 4.78 is 0. The van der Waals surface area contributed by atoms with E-state index >= 15 is 0 Å². The molecular formula is C13H12ClN3O3S. The number of nitro benzene ring substituents is 1. The Labute approximate surface area is 129 Å². The van der Waals surface area contributed by atoms with Gasteiger partial charge in [0.1, 0.15) is 0 Å². The fraction of sp³-hybridized carbons (Fsp3) is 0.154. The van der Waals surface area contributed by atoms with E-state index < -0.39 is 10.8 Å². The topological polar surface area (TPSA) is 89.5 Å². The molecule has 0 spiro atoms. The number of rotatable bonds is 4. The van der Waals surface area contributed by atoms with Crippen LogP contribution in [-0.4, -0.2) is 22.8 Å². The smallest absolute Gasteiger partial charge is 0.271 e. The minimum absolute atomic E-state index is 0.00271. The van der Waals surface area contributed by atoms with E-state index in [1.807, 2.05) is 17.5 Å². The van der Waals surface area contributed by atoms with Gasteiger partial charge in [0.2, 0.25) is 0 Å². The quantitative estimate of drug-likeness (QED) is 0.531. The number of amides is 1. The lowest BCUT2D eigenvalue weighted by Gasteiger charge is -2.17. The number of carbonyl (C=O) groups is 1. The van der Waals surface area contributed by atoms with Crippen LogP contribution in [0.15, 0.2) is 29.6 Å². The molecule has 0 saturated carbocycles. The standard InChI is InChI=1S/C13H12ClN3O3S/c1-16(7-9-3-2-4-21-9)13(18)10-5-8(17(19)20)6-11(14)12(10)15/h2-6H,7,15H2,1H3. The fourth-order valence-corrected chi connectivity index (χ4v) is 2.77. The highest BCUT2D eigenvalue weighted by Gasteiger charge is 2.21. The summed E-state index contributed by atoms with van der Waals surface area (Å²) in [6, 6.07) is 6.07. The van der Waals surface area contributed by atoms with Crippen LogP contribution in [0.5, 0.6) is 0 Å². The Hall–Kier alpha value is -2.12. The highest BCUT2D eigenvalue weighted by Crippen LogP contribution is 2.29. The maximum absolute atomic E-state index is 12.4. The van der Waals surface area contributed by atoms with Crippen molar-refractivity contribution in [3.8, 4) is 0 Å². The van der Waals surface area contributed by atoms with Gasteiger partial charge in [0.15, 0.2) is 0 Å². The first-order valence-electron chi connectivity index (χ1n) is 5.91. The molecule has 21 heavy (non-hydrogen) atoms. The molecule has 0 atom stereocenters. The molecule has 0 unspecified atom stereocenters. The Morgan fingerprint density at radius 3 is 2.81 bits per heavy atom. The molecule has 1 aromatic carbocycles. The summed E-state index contributed by atoms with van der Waals surface area (Å²) in [5.41, 5.74) is 5.58. The molecule has 0 aliphatic rings. The van der Waals surface area contributed by atoms with Gasteiger partial charge in [-0.05, 0) is 11.4 Å². The van der Waals surface area contributed by atoms with Crippen LogP contribution < -0.4 is 5.73 Å². The van der Waals surface area contributed by atoms with Crippen molar-refractivity contribution in [2.45, 2.75) is 6.54 Å². The van der Waals surface area contributed by atoms with E-state index in [9.17, 15) is 14.9 Å². The molecule has 6 nitrogen and oxygen atoms in total. The maximum atomic E-state index is 12.4. The Morgan fingerprint density at radius 1 is 1.52 bits per heavy atom. The summed E-state index contributed by atoms with van der Waals surface area (Å²) in [4.78, 5) is 25.1. The van der Waals surface area contributed by atoms with Crippen LogP contribution in [0, 0.1) is 10.1 Å². The van der Waals surface area contributed by atoms with Gasteiger partial charge in [0.25, 0.3) is 11.6 Å². The van der Waals surface area contributed by atoms with Crippen molar-refractivity contribution in [2.24, 2.45) is 0 Å². The molecule has 0 saturated heterocycles. The molecule has 0 aliphatic carbocycles. The zero-order chi connectivity index (χ0) is 15.6. The molecule has 2 aromatic rings. The first-order chi connectivity index (χ1) is 9.90. The number of non-ortho nitro benzene ring substituents is 1. The molecule has 1 heterocycles. The van der Waals surface area contributed by atoms with Crippen molar-refractivity contribution < 1.29 is 9.72 Å². The van der Waals surface area contributed by atoms with Crippen LogP contribution in [-0.2, 0) is 6.54 Å². The van der Waals surface area contributed by atoms with E-state index in [1.165, 1.54) is 16.2 Å². The number of anilines is 1. The van der Waals surface area contributed by atoms with Gasteiger partial charge in [-0.2, -0.15) is 0 Å². The first-order valence-corrected chi connectivity index (χ1v) is 7.17. The highest BCUT2D eigenvalue weighted by atomic mass is 35.5. The zero-order valence-electron chi connectivity index (χ0n) is 11.1. The minimum atomic E-state index is -0.610. The van der Waals surface area contributed by atoms with Gasteiger partial charge in [-0.3, -0.25) is 14.9 Å².